The first-order chi connectivity index (χ1) is 9.95. The van der Waals surface area contributed by atoms with Crippen molar-refractivity contribution in [1.82, 2.24) is 20.0 Å². The van der Waals surface area contributed by atoms with Crippen LogP contribution < -0.4 is 5.32 Å². The third-order valence-corrected chi connectivity index (χ3v) is 4.47. The van der Waals surface area contributed by atoms with Gasteiger partial charge in [-0.1, -0.05) is 20.8 Å². The molecular formula is C16H31BrN4. The van der Waals surface area contributed by atoms with Gasteiger partial charge in [0, 0.05) is 12.6 Å². The first-order valence-electron chi connectivity index (χ1n) is 8.04. The summed E-state index contributed by atoms with van der Waals surface area (Å²) in [6.45, 7) is 9.88. The Bertz CT molecular complexity index is 401. The van der Waals surface area contributed by atoms with Gasteiger partial charge in [0.25, 0.3) is 0 Å². The van der Waals surface area contributed by atoms with Crippen molar-refractivity contribution in [3.05, 3.63) is 16.4 Å². The third-order valence-electron chi connectivity index (χ3n) is 3.81. The maximum Gasteiger partial charge on any atom is 0.0635 e. The topological polar surface area (TPSA) is 33.1 Å². The van der Waals surface area contributed by atoms with Crippen molar-refractivity contribution in [3.8, 4) is 0 Å². The molecular weight excluding hydrogens is 328 g/mol. The number of rotatable bonds is 10. The number of halogens is 1. The molecule has 1 aromatic heterocycles. The molecule has 0 aliphatic rings. The third kappa shape index (κ3) is 6.49. The molecule has 0 spiro atoms. The normalized spacial score (nSPS) is 13.3. The molecule has 4 nitrogen and oxygen atoms in total. The Hall–Kier alpha value is -0.390. The lowest BCUT2D eigenvalue weighted by atomic mass is 9.98. The fourth-order valence-corrected chi connectivity index (χ4v) is 2.91. The molecule has 0 saturated heterocycles. The molecule has 0 radical (unpaired) electrons. The van der Waals surface area contributed by atoms with Crippen molar-refractivity contribution < 1.29 is 0 Å². The number of hydrogen-bond donors (Lipinski definition) is 1. The molecule has 0 fully saturated rings. The molecule has 21 heavy (non-hydrogen) atoms. The SMILES string of the molecule is CCCNC(CCc1c(Br)cnn1CCN(C)C)C(C)C. The molecule has 1 heterocycles. The second kappa shape index (κ2) is 9.59. The number of likely N-dealkylation sites (N-methyl/N-ethyl adjacent to an activating group) is 1. The van der Waals surface area contributed by atoms with E-state index in [1.54, 1.807) is 0 Å². The number of aromatic nitrogens is 2. The minimum atomic E-state index is 0.578. The van der Waals surface area contributed by atoms with E-state index in [9.17, 15) is 0 Å². The highest BCUT2D eigenvalue weighted by Gasteiger charge is 2.15. The van der Waals surface area contributed by atoms with Crippen LogP contribution in [0.5, 0.6) is 0 Å². The first-order valence-corrected chi connectivity index (χ1v) is 8.83. The van der Waals surface area contributed by atoms with E-state index >= 15 is 0 Å². The number of nitrogens with zero attached hydrogens (tertiary/aromatic N) is 3. The molecule has 0 aliphatic carbocycles. The van der Waals surface area contributed by atoms with Crippen molar-refractivity contribution in [2.45, 2.75) is 52.6 Å². The zero-order valence-corrected chi connectivity index (χ0v) is 15.8. The molecule has 1 atom stereocenters. The number of hydrogen-bond acceptors (Lipinski definition) is 3. The van der Waals surface area contributed by atoms with E-state index in [1.165, 1.54) is 12.1 Å². The van der Waals surface area contributed by atoms with Crippen LogP contribution in [0.1, 0.15) is 39.3 Å². The van der Waals surface area contributed by atoms with Crippen molar-refractivity contribution in [2.24, 2.45) is 5.92 Å². The van der Waals surface area contributed by atoms with Crippen LogP contribution in [-0.4, -0.2) is 47.9 Å². The molecule has 0 bridgehead atoms. The highest BCUT2D eigenvalue weighted by Crippen LogP contribution is 2.20. The van der Waals surface area contributed by atoms with Crippen LogP contribution in [0, 0.1) is 5.92 Å². The zero-order chi connectivity index (χ0) is 15.8. The van der Waals surface area contributed by atoms with Crippen molar-refractivity contribution >= 4 is 15.9 Å². The van der Waals surface area contributed by atoms with Crippen LogP contribution in [0.15, 0.2) is 10.7 Å². The van der Waals surface area contributed by atoms with E-state index in [0.29, 0.717) is 12.0 Å². The van der Waals surface area contributed by atoms with Crippen LogP contribution >= 0.6 is 15.9 Å². The van der Waals surface area contributed by atoms with Gasteiger partial charge in [0.05, 0.1) is 22.9 Å². The maximum absolute atomic E-state index is 4.50. The summed E-state index contributed by atoms with van der Waals surface area (Å²) in [6.07, 6.45) is 5.33. The Labute approximate surface area is 138 Å². The smallest absolute Gasteiger partial charge is 0.0635 e. The van der Waals surface area contributed by atoms with Crippen LogP contribution in [0.4, 0.5) is 0 Å². The molecule has 1 rings (SSSR count). The molecule has 0 aliphatic heterocycles. The average molecular weight is 359 g/mol. The van der Waals surface area contributed by atoms with Gasteiger partial charge in [0.15, 0.2) is 0 Å². The second-order valence-corrected chi connectivity index (χ2v) is 7.16. The van der Waals surface area contributed by atoms with Gasteiger partial charge in [-0.2, -0.15) is 5.10 Å². The van der Waals surface area contributed by atoms with Gasteiger partial charge in [-0.15, -0.1) is 0 Å². The Kier molecular flexibility index (Phi) is 8.52. The van der Waals surface area contributed by atoms with Gasteiger partial charge in [-0.25, -0.2) is 0 Å². The van der Waals surface area contributed by atoms with E-state index in [-0.39, 0.29) is 0 Å². The summed E-state index contributed by atoms with van der Waals surface area (Å²) in [4.78, 5) is 2.19. The Morgan fingerprint density at radius 2 is 2.10 bits per heavy atom. The maximum atomic E-state index is 4.50. The minimum absolute atomic E-state index is 0.578. The fraction of sp³-hybridized carbons (Fsp3) is 0.812. The molecule has 1 aromatic rings. The lowest BCUT2D eigenvalue weighted by Crippen LogP contribution is -2.35. The highest BCUT2D eigenvalue weighted by atomic mass is 79.9. The van der Waals surface area contributed by atoms with Crippen LogP contribution in [0.2, 0.25) is 0 Å². The van der Waals surface area contributed by atoms with Gasteiger partial charge in [0.1, 0.15) is 0 Å². The Morgan fingerprint density at radius 3 is 2.67 bits per heavy atom. The Balaban J connectivity index is 2.61. The van der Waals surface area contributed by atoms with E-state index < -0.39 is 0 Å². The van der Waals surface area contributed by atoms with Gasteiger partial charge >= 0.3 is 0 Å². The number of nitrogens with one attached hydrogen (secondary N) is 1. The molecule has 0 aromatic carbocycles. The molecule has 1 unspecified atom stereocenters. The quantitative estimate of drug-likeness (QED) is 0.697. The standard InChI is InChI=1S/C16H31BrN4/c1-6-9-18-15(13(2)3)7-8-16-14(17)12-19-21(16)11-10-20(4)5/h12-13,15,18H,6-11H2,1-5H3. The monoisotopic (exact) mass is 358 g/mol. The average Bonchev–Trinajstić information content (AvgIpc) is 2.77. The molecule has 1 N–H and O–H groups in total. The molecule has 5 heteroatoms. The lowest BCUT2D eigenvalue weighted by molar-refractivity contribution is 0.358. The van der Waals surface area contributed by atoms with Crippen molar-refractivity contribution in [1.29, 1.82) is 0 Å². The van der Waals surface area contributed by atoms with E-state index in [4.69, 9.17) is 0 Å². The van der Waals surface area contributed by atoms with Crippen LogP contribution in [0.3, 0.4) is 0 Å². The summed E-state index contributed by atoms with van der Waals surface area (Å²) in [6, 6.07) is 0.578. The first kappa shape index (κ1) is 18.7. The summed E-state index contributed by atoms with van der Waals surface area (Å²) < 4.78 is 3.28. The zero-order valence-electron chi connectivity index (χ0n) is 14.2. The van der Waals surface area contributed by atoms with Gasteiger partial charge in [-0.05, 0) is 61.8 Å². The molecule has 122 valence electrons. The van der Waals surface area contributed by atoms with E-state index in [2.05, 4.69) is 70.8 Å². The van der Waals surface area contributed by atoms with Gasteiger partial charge in [0.2, 0.25) is 0 Å². The van der Waals surface area contributed by atoms with E-state index in [1.807, 2.05) is 6.20 Å². The molecule has 0 saturated carbocycles. The summed E-state index contributed by atoms with van der Waals surface area (Å²) in [5.74, 6) is 0.661. The van der Waals surface area contributed by atoms with Gasteiger partial charge < -0.3 is 10.2 Å². The minimum Gasteiger partial charge on any atom is -0.314 e. The van der Waals surface area contributed by atoms with Crippen LogP contribution in [-0.2, 0) is 13.0 Å². The largest absolute Gasteiger partial charge is 0.314 e. The predicted molar refractivity (Wildman–Crippen MR) is 93.7 cm³/mol. The van der Waals surface area contributed by atoms with Crippen LogP contribution in [0.25, 0.3) is 0 Å². The summed E-state index contributed by atoms with van der Waals surface area (Å²) in [5, 5.41) is 8.16. The Morgan fingerprint density at radius 1 is 1.38 bits per heavy atom. The van der Waals surface area contributed by atoms with Gasteiger partial charge in [-0.3, -0.25) is 4.68 Å². The summed E-state index contributed by atoms with van der Waals surface area (Å²) in [7, 11) is 4.20. The predicted octanol–water partition coefficient (Wildman–Crippen LogP) is 3.16. The lowest BCUT2D eigenvalue weighted by Gasteiger charge is -2.22. The summed E-state index contributed by atoms with van der Waals surface area (Å²) >= 11 is 3.65. The molecule has 0 amide bonds. The highest BCUT2D eigenvalue weighted by molar-refractivity contribution is 9.10. The summed E-state index contributed by atoms with van der Waals surface area (Å²) in [5.41, 5.74) is 1.32. The van der Waals surface area contributed by atoms with E-state index in [0.717, 1.165) is 36.9 Å². The van der Waals surface area contributed by atoms with Crippen molar-refractivity contribution in [3.63, 3.8) is 0 Å². The second-order valence-electron chi connectivity index (χ2n) is 6.31. The van der Waals surface area contributed by atoms with Crippen molar-refractivity contribution in [2.75, 3.05) is 27.2 Å². The fourth-order valence-electron chi connectivity index (χ4n) is 2.42.